The number of nitrogens with zero attached hydrogens (tertiary/aromatic N) is 2. The summed E-state index contributed by atoms with van der Waals surface area (Å²) in [5.74, 6) is -0.733. The first kappa shape index (κ1) is 30.6. The molecule has 0 aromatic heterocycles. The molecule has 0 spiro atoms. The number of hydrogen-bond acceptors (Lipinski definition) is 4. The normalized spacial score (nSPS) is 14.5. The molecule has 0 heterocycles. The monoisotopic (exact) mass is 595 g/mol. The van der Waals surface area contributed by atoms with Crippen molar-refractivity contribution in [3.05, 3.63) is 94.0 Å². The summed E-state index contributed by atoms with van der Waals surface area (Å²) in [7, 11) is -4.11. The molecule has 218 valence electrons. The fourth-order valence-electron chi connectivity index (χ4n) is 5.20. The van der Waals surface area contributed by atoms with Crippen LogP contribution in [0, 0.1) is 20.8 Å². The molecule has 3 aromatic carbocycles. The average molecular weight is 596 g/mol. The van der Waals surface area contributed by atoms with Crippen molar-refractivity contribution in [1.29, 1.82) is 0 Å². The molecule has 1 N–H and O–H groups in total. The Morgan fingerprint density at radius 1 is 0.927 bits per heavy atom. The van der Waals surface area contributed by atoms with Crippen LogP contribution in [0.15, 0.2) is 71.6 Å². The molecule has 1 aliphatic rings. The van der Waals surface area contributed by atoms with E-state index in [1.165, 1.54) is 4.90 Å². The van der Waals surface area contributed by atoms with Crippen LogP contribution in [0.3, 0.4) is 0 Å². The number of anilines is 1. The van der Waals surface area contributed by atoms with Crippen molar-refractivity contribution in [1.82, 2.24) is 10.2 Å². The number of hydrogen-bond donors (Lipinski definition) is 1. The Labute approximate surface area is 248 Å². The van der Waals surface area contributed by atoms with E-state index in [1.807, 2.05) is 32.9 Å². The maximum absolute atomic E-state index is 14.1. The Hall–Kier alpha value is -3.36. The van der Waals surface area contributed by atoms with Crippen LogP contribution in [0.2, 0.25) is 5.02 Å². The first-order valence-electron chi connectivity index (χ1n) is 14.0. The van der Waals surface area contributed by atoms with Gasteiger partial charge in [0, 0.05) is 17.6 Å². The quantitative estimate of drug-likeness (QED) is 0.314. The van der Waals surface area contributed by atoms with Crippen LogP contribution in [0.1, 0.15) is 54.9 Å². The van der Waals surface area contributed by atoms with Crippen LogP contribution in [0.5, 0.6) is 0 Å². The number of rotatable bonds is 10. The second-order valence-corrected chi connectivity index (χ2v) is 13.2. The third-order valence-corrected chi connectivity index (χ3v) is 9.67. The first-order chi connectivity index (χ1) is 19.5. The molecule has 1 fully saturated rings. The second-order valence-electron chi connectivity index (χ2n) is 10.9. The summed E-state index contributed by atoms with van der Waals surface area (Å²) in [5.41, 5.74) is 3.83. The van der Waals surface area contributed by atoms with Crippen LogP contribution in [0.25, 0.3) is 0 Å². The van der Waals surface area contributed by atoms with E-state index in [2.05, 4.69) is 5.32 Å². The zero-order valence-corrected chi connectivity index (χ0v) is 25.6. The molecule has 3 aromatic rings. The van der Waals surface area contributed by atoms with Crippen LogP contribution in [-0.2, 0) is 26.2 Å². The van der Waals surface area contributed by atoms with Crippen molar-refractivity contribution in [3.8, 4) is 0 Å². The number of carbonyl (C=O) groups excluding carboxylic acids is 2. The van der Waals surface area contributed by atoms with Gasteiger partial charge in [-0.1, -0.05) is 72.0 Å². The van der Waals surface area contributed by atoms with E-state index < -0.39 is 28.5 Å². The molecule has 4 rings (SSSR count). The fraction of sp³-hybridized carbons (Fsp3) is 0.375. The Morgan fingerprint density at radius 3 is 2.15 bits per heavy atom. The zero-order chi connectivity index (χ0) is 29.7. The van der Waals surface area contributed by atoms with Gasteiger partial charge in [-0.15, -0.1) is 0 Å². The van der Waals surface area contributed by atoms with E-state index in [4.69, 9.17) is 11.6 Å². The van der Waals surface area contributed by atoms with Crippen molar-refractivity contribution in [3.63, 3.8) is 0 Å². The maximum Gasteiger partial charge on any atom is 0.264 e. The van der Waals surface area contributed by atoms with Crippen LogP contribution < -0.4 is 9.62 Å². The molecule has 7 nitrogen and oxygen atoms in total. The van der Waals surface area contributed by atoms with E-state index >= 15 is 0 Å². The molecular weight excluding hydrogens is 558 g/mol. The Balaban J connectivity index is 1.70. The van der Waals surface area contributed by atoms with Gasteiger partial charge in [0.2, 0.25) is 11.8 Å². The molecular formula is C32H38ClN3O4S. The van der Waals surface area contributed by atoms with Gasteiger partial charge in [0.25, 0.3) is 10.0 Å². The van der Waals surface area contributed by atoms with Crippen molar-refractivity contribution in [2.75, 3.05) is 10.8 Å². The lowest BCUT2D eigenvalue weighted by Gasteiger charge is -2.33. The van der Waals surface area contributed by atoms with E-state index in [1.54, 1.807) is 61.5 Å². The summed E-state index contributed by atoms with van der Waals surface area (Å²) in [6, 6.07) is 18.3. The Bertz CT molecular complexity index is 1480. The molecule has 0 saturated heterocycles. The third kappa shape index (κ3) is 7.49. The van der Waals surface area contributed by atoms with E-state index in [9.17, 15) is 18.0 Å². The highest BCUT2D eigenvalue weighted by Crippen LogP contribution is 2.28. The number of halogens is 1. The Morgan fingerprint density at radius 2 is 1.54 bits per heavy atom. The zero-order valence-electron chi connectivity index (χ0n) is 24.1. The molecule has 1 saturated carbocycles. The highest BCUT2D eigenvalue weighted by molar-refractivity contribution is 7.92. The number of sulfonamides is 1. The lowest BCUT2D eigenvalue weighted by atomic mass is 10.1. The highest BCUT2D eigenvalue weighted by Gasteiger charge is 2.33. The van der Waals surface area contributed by atoms with Gasteiger partial charge in [0.1, 0.15) is 12.6 Å². The van der Waals surface area contributed by atoms with Gasteiger partial charge in [-0.3, -0.25) is 13.9 Å². The molecule has 0 aliphatic heterocycles. The Kier molecular flexibility index (Phi) is 9.76. The number of benzene rings is 3. The minimum atomic E-state index is -4.11. The minimum absolute atomic E-state index is 0.0889. The molecule has 41 heavy (non-hydrogen) atoms. The van der Waals surface area contributed by atoms with Gasteiger partial charge < -0.3 is 10.2 Å². The molecule has 9 heteroatoms. The van der Waals surface area contributed by atoms with Gasteiger partial charge in [-0.2, -0.15) is 0 Å². The maximum atomic E-state index is 14.1. The van der Waals surface area contributed by atoms with Crippen molar-refractivity contribution in [2.24, 2.45) is 0 Å². The third-order valence-electron chi connectivity index (χ3n) is 7.64. The summed E-state index contributed by atoms with van der Waals surface area (Å²) in [6.07, 6.45) is 3.96. The lowest BCUT2D eigenvalue weighted by Crippen LogP contribution is -2.52. The summed E-state index contributed by atoms with van der Waals surface area (Å²) in [5, 5.41) is 3.64. The van der Waals surface area contributed by atoms with Crippen LogP contribution in [-0.4, -0.2) is 43.8 Å². The topological polar surface area (TPSA) is 86.8 Å². The highest BCUT2D eigenvalue weighted by atomic mass is 35.5. The van der Waals surface area contributed by atoms with Gasteiger partial charge in [0.05, 0.1) is 10.6 Å². The van der Waals surface area contributed by atoms with Gasteiger partial charge >= 0.3 is 0 Å². The van der Waals surface area contributed by atoms with Gasteiger partial charge in [0.15, 0.2) is 0 Å². The smallest absolute Gasteiger partial charge is 0.264 e. The molecule has 2 amide bonds. The lowest BCUT2D eigenvalue weighted by molar-refractivity contribution is -0.139. The predicted molar refractivity (Wildman–Crippen MR) is 163 cm³/mol. The van der Waals surface area contributed by atoms with E-state index in [0.717, 1.165) is 52.2 Å². The molecule has 1 unspecified atom stereocenters. The number of amides is 2. The molecule has 1 aliphatic carbocycles. The summed E-state index contributed by atoms with van der Waals surface area (Å²) in [6.45, 7) is 6.99. The van der Waals surface area contributed by atoms with Crippen LogP contribution >= 0.6 is 11.6 Å². The van der Waals surface area contributed by atoms with Crippen molar-refractivity contribution in [2.45, 2.75) is 76.9 Å². The van der Waals surface area contributed by atoms with E-state index in [0.29, 0.717) is 10.7 Å². The van der Waals surface area contributed by atoms with Crippen molar-refractivity contribution >= 4 is 39.1 Å². The number of nitrogens with one attached hydrogen (secondary N) is 1. The summed E-state index contributed by atoms with van der Waals surface area (Å²) in [4.78, 5) is 29.0. The fourth-order valence-corrected chi connectivity index (χ4v) is 6.80. The first-order valence-corrected chi connectivity index (χ1v) is 15.8. The SMILES string of the molecule is Cc1ccc(S(=O)(=O)N(CC(=O)N(Cc2ccc(Cl)cc2)C(C)C(=O)NC2CCCC2)c2ccc(C)cc2C)cc1. The van der Waals surface area contributed by atoms with Gasteiger partial charge in [-0.05, 0) is 82.0 Å². The second kappa shape index (κ2) is 13.1. The number of aryl methyl sites for hydroxylation is 3. The molecule has 1 atom stereocenters. The standard InChI is InChI=1S/C32H38ClN3O4S/c1-22-9-16-29(17-10-22)41(39,40)36(30-18-11-23(2)19-24(30)3)21-31(37)35(20-26-12-14-27(33)15-13-26)25(4)32(38)34-28-7-5-6-8-28/h9-19,25,28H,5-8,20-21H2,1-4H3,(H,34,38). The van der Waals surface area contributed by atoms with Crippen molar-refractivity contribution < 1.29 is 18.0 Å². The largest absolute Gasteiger partial charge is 0.352 e. The summed E-state index contributed by atoms with van der Waals surface area (Å²) >= 11 is 6.08. The average Bonchev–Trinajstić information content (AvgIpc) is 3.44. The minimum Gasteiger partial charge on any atom is -0.352 e. The number of carbonyl (C=O) groups is 2. The van der Waals surface area contributed by atoms with E-state index in [-0.39, 0.29) is 23.4 Å². The predicted octanol–water partition coefficient (Wildman–Crippen LogP) is 5.94. The molecule has 0 radical (unpaired) electrons. The van der Waals surface area contributed by atoms with Crippen LogP contribution in [0.4, 0.5) is 5.69 Å². The van der Waals surface area contributed by atoms with Gasteiger partial charge in [-0.25, -0.2) is 8.42 Å². The summed E-state index contributed by atoms with van der Waals surface area (Å²) < 4.78 is 29.2. The molecule has 0 bridgehead atoms.